The highest BCUT2D eigenvalue weighted by Gasteiger charge is 2.41. The van der Waals surface area contributed by atoms with Crippen molar-refractivity contribution in [1.29, 1.82) is 0 Å². The second kappa shape index (κ2) is 14.8. The molecular weight excluding hydrogens is 442 g/mol. The van der Waals surface area contributed by atoms with E-state index in [9.17, 15) is 4.79 Å². The standard InChI is InChI=1S/C32H51N3O/c1-2-3-4-5-6-7-8-9-10-11-12-13-14-15-16-19-24-34-30-21-18-17-20-29(30)33-32(34)27-25-31(36)35(26-27)28-22-23-28/h17-18,20-21,27-28H,2-16,19,22-26H2,1H3. The molecule has 1 saturated heterocycles. The van der Waals surface area contributed by atoms with Crippen molar-refractivity contribution in [3.63, 3.8) is 0 Å². The van der Waals surface area contributed by atoms with Crippen LogP contribution in [0.3, 0.4) is 0 Å². The zero-order valence-electron chi connectivity index (χ0n) is 23.1. The number of hydrogen-bond donors (Lipinski definition) is 0. The molecule has 2 aliphatic rings. The summed E-state index contributed by atoms with van der Waals surface area (Å²) < 4.78 is 2.44. The Kier molecular flexibility index (Phi) is 11.2. The highest BCUT2D eigenvalue weighted by molar-refractivity contribution is 5.81. The first-order valence-electron chi connectivity index (χ1n) is 15.5. The van der Waals surface area contributed by atoms with Gasteiger partial charge < -0.3 is 9.47 Å². The predicted octanol–water partition coefficient (Wildman–Crippen LogP) is 8.78. The summed E-state index contributed by atoms with van der Waals surface area (Å²) >= 11 is 0. The van der Waals surface area contributed by atoms with Gasteiger partial charge in [-0.15, -0.1) is 0 Å². The minimum Gasteiger partial charge on any atom is -0.339 e. The zero-order valence-corrected chi connectivity index (χ0v) is 23.1. The van der Waals surface area contributed by atoms with Crippen molar-refractivity contribution in [3.8, 4) is 0 Å². The van der Waals surface area contributed by atoms with Gasteiger partial charge in [-0.25, -0.2) is 4.98 Å². The van der Waals surface area contributed by atoms with Gasteiger partial charge in [0.15, 0.2) is 0 Å². The summed E-state index contributed by atoms with van der Waals surface area (Å²) in [7, 11) is 0. The number of rotatable bonds is 19. The minimum atomic E-state index is 0.256. The molecule has 36 heavy (non-hydrogen) atoms. The topological polar surface area (TPSA) is 38.1 Å². The molecule has 0 bridgehead atoms. The number of nitrogens with zero attached hydrogens (tertiary/aromatic N) is 3. The summed E-state index contributed by atoms with van der Waals surface area (Å²) in [6.45, 7) is 4.19. The van der Waals surface area contributed by atoms with Gasteiger partial charge in [0.1, 0.15) is 5.82 Å². The van der Waals surface area contributed by atoms with Gasteiger partial charge in [0, 0.05) is 31.5 Å². The highest BCUT2D eigenvalue weighted by Crippen LogP contribution is 2.37. The minimum absolute atomic E-state index is 0.256. The summed E-state index contributed by atoms with van der Waals surface area (Å²) in [5.74, 6) is 1.74. The number of benzene rings is 1. The molecule has 1 aliphatic carbocycles. The smallest absolute Gasteiger partial charge is 0.223 e. The van der Waals surface area contributed by atoms with E-state index in [-0.39, 0.29) is 5.92 Å². The zero-order chi connectivity index (χ0) is 25.0. The lowest BCUT2D eigenvalue weighted by atomic mass is 10.0. The van der Waals surface area contributed by atoms with Crippen molar-refractivity contribution in [2.45, 2.75) is 147 Å². The summed E-state index contributed by atoms with van der Waals surface area (Å²) in [4.78, 5) is 19.7. The molecule has 0 spiro atoms. The molecule has 0 radical (unpaired) electrons. The molecule has 4 heteroatoms. The number of carbonyl (C=O) groups is 1. The van der Waals surface area contributed by atoms with Crippen molar-refractivity contribution in [2.24, 2.45) is 0 Å². The second-order valence-electron chi connectivity index (χ2n) is 11.6. The molecule has 4 nitrogen and oxygen atoms in total. The third-order valence-electron chi connectivity index (χ3n) is 8.43. The fourth-order valence-corrected chi connectivity index (χ4v) is 6.10. The maximum atomic E-state index is 12.6. The molecule has 1 amide bonds. The van der Waals surface area contributed by atoms with Gasteiger partial charge in [-0.3, -0.25) is 4.79 Å². The SMILES string of the molecule is CCCCCCCCCCCCCCCCCCn1c(C2CC(=O)N(C3CC3)C2)nc2ccccc21. The lowest BCUT2D eigenvalue weighted by molar-refractivity contribution is -0.128. The van der Waals surface area contributed by atoms with Crippen molar-refractivity contribution in [1.82, 2.24) is 14.5 Å². The number of hydrogen-bond acceptors (Lipinski definition) is 2. The number of para-hydroxylation sites is 2. The molecular formula is C32H51N3O. The van der Waals surface area contributed by atoms with Crippen LogP contribution in [-0.2, 0) is 11.3 Å². The summed E-state index contributed by atoms with van der Waals surface area (Å²) in [6, 6.07) is 9.04. The maximum absolute atomic E-state index is 12.6. The van der Waals surface area contributed by atoms with Gasteiger partial charge in [0.05, 0.1) is 11.0 Å². The van der Waals surface area contributed by atoms with Gasteiger partial charge in [-0.1, -0.05) is 115 Å². The average Bonchev–Trinajstić information content (AvgIpc) is 3.56. The average molecular weight is 494 g/mol. The normalized spacial score (nSPS) is 18.1. The molecule has 1 atom stereocenters. The van der Waals surface area contributed by atoms with Crippen LogP contribution in [0.25, 0.3) is 11.0 Å². The Morgan fingerprint density at radius 2 is 1.33 bits per heavy atom. The second-order valence-corrected chi connectivity index (χ2v) is 11.6. The van der Waals surface area contributed by atoms with E-state index in [0.717, 1.165) is 24.4 Å². The molecule has 1 unspecified atom stereocenters. The molecule has 2 aromatic rings. The lowest BCUT2D eigenvalue weighted by Crippen LogP contribution is -2.27. The number of imidazole rings is 1. The first-order valence-corrected chi connectivity index (χ1v) is 15.5. The molecule has 200 valence electrons. The summed E-state index contributed by atoms with van der Waals surface area (Å²) in [5, 5.41) is 0. The van der Waals surface area contributed by atoms with Crippen LogP contribution in [-0.4, -0.2) is 32.9 Å². The molecule has 1 aromatic carbocycles. The number of aryl methyl sites for hydroxylation is 1. The van der Waals surface area contributed by atoms with E-state index in [0.29, 0.717) is 18.4 Å². The Morgan fingerprint density at radius 3 is 1.92 bits per heavy atom. The first kappa shape index (κ1) is 27.2. The molecule has 0 N–H and O–H groups in total. The van der Waals surface area contributed by atoms with E-state index in [1.807, 2.05) is 0 Å². The third-order valence-corrected chi connectivity index (χ3v) is 8.43. The molecule has 1 aliphatic heterocycles. The van der Waals surface area contributed by atoms with Crippen LogP contribution < -0.4 is 0 Å². The van der Waals surface area contributed by atoms with E-state index < -0.39 is 0 Å². The fraction of sp³-hybridized carbons (Fsp3) is 0.750. The van der Waals surface area contributed by atoms with Gasteiger partial charge in [-0.2, -0.15) is 0 Å². The number of aromatic nitrogens is 2. The summed E-state index contributed by atoms with van der Waals surface area (Å²) in [6.07, 6.45) is 25.4. The Hall–Kier alpha value is -1.84. The Morgan fingerprint density at radius 1 is 0.778 bits per heavy atom. The Balaban J connectivity index is 1.09. The van der Waals surface area contributed by atoms with Crippen LogP contribution in [0.2, 0.25) is 0 Å². The fourth-order valence-electron chi connectivity index (χ4n) is 6.10. The van der Waals surface area contributed by atoms with Crippen molar-refractivity contribution in [2.75, 3.05) is 6.54 Å². The van der Waals surface area contributed by atoms with E-state index >= 15 is 0 Å². The van der Waals surface area contributed by atoms with Gasteiger partial charge >= 0.3 is 0 Å². The Bertz CT molecular complexity index is 915. The quantitative estimate of drug-likeness (QED) is 0.183. The van der Waals surface area contributed by atoms with Crippen LogP contribution >= 0.6 is 0 Å². The van der Waals surface area contributed by atoms with E-state index in [1.165, 1.54) is 121 Å². The molecule has 1 aromatic heterocycles. The van der Waals surface area contributed by atoms with Crippen molar-refractivity contribution >= 4 is 16.9 Å². The third kappa shape index (κ3) is 8.08. The molecule has 2 fully saturated rings. The lowest BCUT2D eigenvalue weighted by Gasteiger charge is -2.16. The number of fused-ring (bicyclic) bond motifs is 1. The van der Waals surface area contributed by atoms with Gasteiger partial charge in [0.2, 0.25) is 5.91 Å². The van der Waals surface area contributed by atoms with Crippen LogP contribution in [0.15, 0.2) is 24.3 Å². The van der Waals surface area contributed by atoms with E-state index in [1.54, 1.807) is 0 Å². The first-order chi connectivity index (χ1) is 17.8. The largest absolute Gasteiger partial charge is 0.339 e. The number of amides is 1. The van der Waals surface area contributed by atoms with Gasteiger partial charge in [0.25, 0.3) is 0 Å². The maximum Gasteiger partial charge on any atom is 0.223 e. The monoisotopic (exact) mass is 493 g/mol. The van der Waals surface area contributed by atoms with Crippen molar-refractivity contribution in [3.05, 3.63) is 30.1 Å². The summed E-state index contributed by atoms with van der Waals surface area (Å²) in [5.41, 5.74) is 2.33. The number of carbonyl (C=O) groups excluding carboxylic acids is 1. The van der Waals surface area contributed by atoms with E-state index in [4.69, 9.17) is 4.98 Å². The van der Waals surface area contributed by atoms with Crippen LogP contribution in [0.5, 0.6) is 0 Å². The van der Waals surface area contributed by atoms with Crippen LogP contribution in [0, 0.1) is 0 Å². The Labute approximate surface area is 220 Å². The van der Waals surface area contributed by atoms with E-state index in [2.05, 4.69) is 40.7 Å². The van der Waals surface area contributed by atoms with Crippen molar-refractivity contribution < 1.29 is 4.79 Å². The number of likely N-dealkylation sites (tertiary alicyclic amines) is 1. The molecule has 2 heterocycles. The predicted molar refractivity (Wildman–Crippen MR) is 151 cm³/mol. The molecule has 1 saturated carbocycles. The number of unbranched alkanes of at least 4 members (excludes halogenated alkanes) is 15. The van der Waals surface area contributed by atoms with Gasteiger partial charge in [-0.05, 0) is 31.4 Å². The van der Waals surface area contributed by atoms with Crippen LogP contribution in [0.4, 0.5) is 0 Å². The highest BCUT2D eigenvalue weighted by atomic mass is 16.2. The van der Waals surface area contributed by atoms with Crippen LogP contribution in [0.1, 0.15) is 141 Å². The molecule has 4 rings (SSSR count).